The molecule has 0 aliphatic heterocycles. The van der Waals surface area contributed by atoms with Crippen molar-refractivity contribution in [1.82, 2.24) is 0 Å². The van der Waals surface area contributed by atoms with E-state index < -0.39 is 0 Å². The van der Waals surface area contributed by atoms with Crippen molar-refractivity contribution in [2.75, 3.05) is 16.4 Å². The molecule has 6 heteroatoms. The molecule has 1 aliphatic carbocycles. The smallest absolute Gasteiger partial charge is 0.234 e. The van der Waals surface area contributed by atoms with Gasteiger partial charge in [0.1, 0.15) is 0 Å². The van der Waals surface area contributed by atoms with Gasteiger partial charge in [-0.2, -0.15) is 0 Å². The first-order chi connectivity index (χ1) is 13.1. The van der Waals surface area contributed by atoms with Gasteiger partial charge in [-0.15, -0.1) is 11.8 Å². The number of rotatable bonds is 6. The maximum absolute atomic E-state index is 12.3. The molecule has 4 nitrogen and oxygen atoms in total. The van der Waals surface area contributed by atoms with Crippen LogP contribution in [0, 0.1) is 5.92 Å². The number of carbonyl (C=O) groups is 2. The first kappa shape index (κ1) is 19.8. The Labute approximate surface area is 169 Å². The fourth-order valence-electron chi connectivity index (χ4n) is 3.14. The molecule has 0 spiro atoms. The minimum Gasteiger partial charge on any atom is -0.326 e. The highest BCUT2D eigenvalue weighted by molar-refractivity contribution is 8.00. The summed E-state index contributed by atoms with van der Waals surface area (Å²) in [6, 6.07) is 14.8. The molecular formula is C21H23ClN2O2S. The van der Waals surface area contributed by atoms with Gasteiger partial charge in [0.25, 0.3) is 0 Å². The third kappa shape index (κ3) is 6.01. The normalized spacial score (nSPS) is 14.6. The number of halogens is 1. The summed E-state index contributed by atoms with van der Waals surface area (Å²) in [5.41, 5.74) is 1.42. The molecule has 2 aromatic rings. The minimum atomic E-state index is -0.109. The molecule has 2 amide bonds. The number of benzene rings is 2. The number of hydrogen-bond acceptors (Lipinski definition) is 3. The molecule has 2 N–H and O–H groups in total. The lowest BCUT2D eigenvalue weighted by Crippen LogP contribution is -2.24. The molecule has 1 aliphatic rings. The third-order valence-electron chi connectivity index (χ3n) is 4.62. The van der Waals surface area contributed by atoms with Gasteiger partial charge in [0.2, 0.25) is 11.8 Å². The van der Waals surface area contributed by atoms with Crippen molar-refractivity contribution in [3.63, 3.8) is 0 Å². The monoisotopic (exact) mass is 402 g/mol. The number of carbonyl (C=O) groups excluding carboxylic acids is 2. The van der Waals surface area contributed by atoms with E-state index in [1.165, 1.54) is 18.2 Å². The summed E-state index contributed by atoms with van der Waals surface area (Å²) < 4.78 is 0. The summed E-state index contributed by atoms with van der Waals surface area (Å²) in [5.74, 6) is 0.442. The topological polar surface area (TPSA) is 58.2 Å². The number of hydrogen-bond donors (Lipinski definition) is 2. The van der Waals surface area contributed by atoms with Crippen LogP contribution in [0.2, 0.25) is 5.02 Å². The third-order valence-corrected chi connectivity index (χ3v) is 5.96. The van der Waals surface area contributed by atoms with Crippen LogP contribution in [-0.2, 0) is 9.59 Å². The summed E-state index contributed by atoms with van der Waals surface area (Å²) in [7, 11) is 0. The highest BCUT2D eigenvalue weighted by Crippen LogP contribution is 2.26. The molecule has 27 heavy (non-hydrogen) atoms. The zero-order valence-electron chi connectivity index (χ0n) is 15.0. The van der Waals surface area contributed by atoms with Gasteiger partial charge in [0.05, 0.1) is 16.5 Å². The first-order valence-electron chi connectivity index (χ1n) is 9.20. The van der Waals surface area contributed by atoms with Crippen LogP contribution < -0.4 is 10.6 Å². The van der Waals surface area contributed by atoms with Crippen LogP contribution in [0.5, 0.6) is 0 Å². The van der Waals surface area contributed by atoms with Gasteiger partial charge in [-0.05, 0) is 49.2 Å². The van der Waals surface area contributed by atoms with Crippen molar-refractivity contribution in [2.24, 2.45) is 5.92 Å². The standard InChI is InChI=1S/C21H23ClN2O2S/c22-18-8-4-5-9-19(18)24-20(25)14-27-17-12-10-16(11-13-17)23-21(26)15-6-2-1-3-7-15/h4-5,8-13,15H,1-3,6-7,14H2,(H,23,26)(H,24,25). The van der Waals surface area contributed by atoms with Crippen molar-refractivity contribution in [3.05, 3.63) is 53.6 Å². The highest BCUT2D eigenvalue weighted by Gasteiger charge is 2.20. The maximum atomic E-state index is 12.3. The zero-order chi connectivity index (χ0) is 19.1. The van der Waals surface area contributed by atoms with Gasteiger partial charge in [-0.3, -0.25) is 9.59 Å². The average Bonchev–Trinajstić information content (AvgIpc) is 2.70. The largest absolute Gasteiger partial charge is 0.326 e. The molecular weight excluding hydrogens is 380 g/mol. The quantitative estimate of drug-likeness (QED) is 0.619. The molecule has 1 fully saturated rings. The van der Waals surface area contributed by atoms with Crippen LogP contribution in [-0.4, -0.2) is 17.6 Å². The Hall–Kier alpha value is -1.98. The molecule has 0 atom stereocenters. The van der Waals surface area contributed by atoms with Crippen LogP contribution in [0.1, 0.15) is 32.1 Å². The Balaban J connectivity index is 1.46. The number of amides is 2. The molecule has 0 bridgehead atoms. The van der Waals surface area contributed by atoms with E-state index in [1.54, 1.807) is 12.1 Å². The van der Waals surface area contributed by atoms with Gasteiger partial charge >= 0.3 is 0 Å². The summed E-state index contributed by atoms with van der Waals surface area (Å²) in [6.07, 6.45) is 5.49. The van der Waals surface area contributed by atoms with E-state index in [1.807, 2.05) is 36.4 Å². The van der Waals surface area contributed by atoms with Crippen LogP contribution >= 0.6 is 23.4 Å². The second-order valence-corrected chi connectivity index (χ2v) is 8.12. The van der Waals surface area contributed by atoms with Crippen molar-refractivity contribution in [3.8, 4) is 0 Å². The molecule has 3 rings (SSSR count). The Bertz CT molecular complexity index is 789. The van der Waals surface area contributed by atoms with Crippen molar-refractivity contribution < 1.29 is 9.59 Å². The van der Waals surface area contributed by atoms with Crippen LogP contribution in [0.15, 0.2) is 53.4 Å². The number of anilines is 2. The van der Waals surface area contributed by atoms with E-state index in [0.29, 0.717) is 16.5 Å². The molecule has 2 aromatic carbocycles. The lowest BCUT2D eigenvalue weighted by molar-refractivity contribution is -0.120. The van der Waals surface area contributed by atoms with Crippen LogP contribution in [0.25, 0.3) is 0 Å². The number of para-hydroxylation sites is 1. The zero-order valence-corrected chi connectivity index (χ0v) is 16.6. The van der Waals surface area contributed by atoms with Gasteiger partial charge in [-0.1, -0.05) is 43.0 Å². The van der Waals surface area contributed by atoms with Crippen molar-refractivity contribution >= 4 is 46.6 Å². The van der Waals surface area contributed by atoms with Crippen LogP contribution in [0.3, 0.4) is 0 Å². The predicted octanol–water partition coefficient (Wildman–Crippen LogP) is 5.59. The van der Waals surface area contributed by atoms with E-state index in [4.69, 9.17) is 11.6 Å². The Morgan fingerprint density at radius 3 is 2.37 bits per heavy atom. The van der Waals surface area contributed by atoms with E-state index in [-0.39, 0.29) is 17.7 Å². The van der Waals surface area contributed by atoms with Gasteiger partial charge < -0.3 is 10.6 Å². The van der Waals surface area contributed by atoms with E-state index >= 15 is 0 Å². The van der Waals surface area contributed by atoms with Gasteiger partial charge in [-0.25, -0.2) is 0 Å². The maximum Gasteiger partial charge on any atom is 0.234 e. The lowest BCUT2D eigenvalue weighted by atomic mass is 9.88. The van der Waals surface area contributed by atoms with E-state index in [0.717, 1.165) is 36.3 Å². The molecule has 1 saturated carbocycles. The second-order valence-electron chi connectivity index (χ2n) is 6.67. The predicted molar refractivity (Wildman–Crippen MR) is 112 cm³/mol. The minimum absolute atomic E-state index is 0.109. The Morgan fingerprint density at radius 1 is 0.963 bits per heavy atom. The first-order valence-corrected chi connectivity index (χ1v) is 10.6. The fraction of sp³-hybridized carbons (Fsp3) is 0.333. The molecule has 142 valence electrons. The molecule has 0 unspecified atom stereocenters. The second kappa shape index (κ2) is 9.81. The average molecular weight is 403 g/mol. The Kier molecular flexibility index (Phi) is 7.18. The van der Waals surface area contributed by atoms with Gasteiger partial charge in [0.15, 0.2) is 0 Å². The van der Waals surface area contributed by atoms with Crippen LogP contribution in [0.4, 0.5) is 11.4 Å². The Morgan fingerprint density at radius 2 is 1.67 bits per heavy atom. The van der Waals surface area contributed by atoms with Crippen molar-refractivity contribution in [1.29, 1.82) is 0 Å². The molecule has 0 radical (unpaired) electrons. The molecule has 0 aromatic heterocycles. The summed E-state index contributed by atoms with van der Waals surface area (Å²) in [6.45, 7) is 0. The lowest BCUT2D eigenvalue weighted by Gasteiger charge is -2.20. The summed E-state index contributed by atoms with van der Waals surface area (Å²) in [4.78, 5) is 25.3. The molecule has 0 heterocycles. The van der Waals surface area contributed by atoms with Crippen molar-refractivity contribution in [2.45, 2.75) is 37.0 Å². The van der Waals surface area contributed by atoms with E-state index in [9.17, 15) is 9.59 Å². The number of thioether (sulfide) groups is 1. The SMILES string of the molecule is O=C(CSc1ccc(NC(=O)C2CCCCC2)cc1)Nc1ccccc1Cl. The molecule has 0 saturated heterocycles. The highest BCUT2D eigenvalue weighted by atomic mass is 35.5. The fourth-order valence-corrected chi connectivity index (χ4v) is 4.02. The summed E-state index contributed by atoms with van der Waals surface area (Å²) in [5, 5.41) is 6.33. The summed E-state index contributed by atoms with van der Waals surface area (Å²) >= 11 is 7.49. The van der Waals surface area contributed by atoms with E-state index in [2.05, 4.69) is 10.6 Å². The van der Waals surface area contributed by atoms with Gasteiger partial charge in [0, 0.05) is 16.5 Å². The number of nitrogens with one attached hydrogen (secondary N) is 2.